The van der Waals surface area contributed by atoms with Gasteiger partial charge in [0.15, 0.2) is 0 Å². The van der Waals surface area contributed by atoms with E-state index in [1.807, 2.05) is 25.1 Å². The first-order valence-corrected chi connectivity index (χ1v) is 6.36. The lowest BCUT2D eigenvalue weighted by Crippen LogP contribution is -2.31. The zero-order valence-electron chi connectivity index (χ0n) is 10.1. The average molecular weight is 267 g/mol. The molecule has 1 aromatic rings. The van der Waals surface area contributed by atoms with Crippen molar-refractivity contribution in [1.29, 1.82) is 0 Å². The largest absolute Gasteiger partial charge is 0.326 e. The number of amides is 3. The maximum atomic E-state index is 12.0. The van der Waals surface area contributed by atoms with Crippen LogP contribution in [0.4, 0.5) is 4.79 Å². The molecule has 1 saturated heterocycles. The third kappa shape index (κ3) is 2.48. The molecule has 1 heterocycles. The Kier molecular flexibility index (Phi) is 3.87. The molecule has 1 unspecified atom stereocenters. The molecule has 5 heteroatoms. The molecular weight excluding hydrogens is 252 g/mol. The number of nitrogens with one attached hydrogen (secondary N) is 1. The maximum absolute atomic E-state index is 12.0. The molecule has 0 aliphatic carbocycles. The van der Waals surface area contributed by atoms with E-state index in [2.05, 4.69) is 5.32 Å². The van der Waals surface area contributed by atoms with E-state index in [0.717, 1.165) is 12.0 Å². The smallest absolute Gasteiger partial charge is 0.325 e. The van der Waals surface area contributed by atoms with E-state index in [9.17, 15) is 9.59 Å². The highest BCUT2D eigenvalue weighted by atomic mass is 35.5. The molecule has 0 aromatic heterocycles. The van der Waals surface area contributed by atoms with Crippen molar-refractivity contribution >= 4 is 23.5 Å². The van der Waals surface area contributed by atoms with Gasteiger partial charge in [-0.1, -0.05) is 43.1 Å². The monoisotopic (exact) mass is 266 g/mol. The molecule has 1 aromatic carbocycles. The Morgan fingerprint density at radius 1 is 1.33 bits per heavy atom. The second kappa shape index (κ2) is 5.40. The van der Waals surface area contributed by atoms with E-state index < -0.39 is 0 Å². The number of urea groups is 1. The van der Waals surface area contributed by atoms with Crippen molar-refractivity contribution in [3.63, 3.8) is 0 Å². The van der Waals surface area contributed by atoms with E-state index in [4.69, 9.17) is 11.6 Å². The number of imide groups is 1. The predicted octanol–water partition coefficient (Wildman–Crippen LogP) is 2.56. The second-order valence-corrected chi connectivity index (χ2v) is 4.71. The molecule has 0 radical (unpaired) electrons. The summed E-state index contributed by atoms with van der Waals surface area (Å²) in [7, 11) is 0. The fourth-order valence-electron chi connectivity index (χ4n) is 2.01. The molecule has 0 saturated carbocycles. The highest BCUT2D eigenvalue weighted by Gasteiger charge is 2.37. The van der Waals surface area contributed by atoms with Crippen LogP contribution >= 0.6 is 11.6 Å². The number of benzene rings is 1. The molecule has 1 aliphatic heterocycles. The van der Waals surface area contributed by atoms with Crippen molar-refractivity contribution in [2.45, 2.75) is 32.4 Å². The number of rotatable bonds is 4. The summed E-state index contributed by atoms with van der Waals surface area (Å²) in [5.74, 6) is -0.165. The highest BCUT2D eigenvalue weighted by Crippen LogP contribution is 2.20. The first-order valence-electron chi connectivity index (χ1n) is 5.98. The third-order valence-corrected chi connectivity index (χ3v) is 3.34. The molecule has 3 amide bonds. The Balaban J connectivity index is 2.12. The molecule has 1 N–H and O–H groups in total. The lowest BCUT2D eigenvalue weighted by atomic mass is 10.1. The van der Waals surface area contributed by atoms with Crippen LogP contribution in [0.5, 0.6) is 0 Å². The van der Waals surface area contributed by atoms with Gasteiger partial charge >= 0.3 is 6.03 Å². The first kappa shape index (κ1) is 12.9. The van der Waals surface area contributed by atoms with Crippen LogP contribution in [-0.2, 0) is 11.3 Å². The van der Waals surface area contributed by atoms with Gasteiger partial charge in [-0.3, -0.25) is 9.69 Å². The Hall–Kier alpha value is -1.55. The minimum absolute atomic E-state index is 0.165. The molecule has 0 bridgehead atoms. The van der Waals surface area contributed by atoms with Crippen LogP contribution in [0.1, 0.15) is 25.3 Å². The number of hydrogen-bond acceptors (Lipinski definition) is 2. The van der Waals surface area contributed by atoms with E-state index in [1.165, 1.54) is 4.90 Å². The molecule has 1 fully saturated rings. The topological polar surface area (TPSA) is 49.4 Å². The highest BCUT2D eigenvalue weighted by molar-refractivity contribution is 6.31. The quantitative estimate of drug-likeness (QED) is 0.852. The summed E-state index contributed by atoms with van der Waals surface area (Å²) >= 11 is 6.03. The molecule has 2 rings (SSSR count). The predicted molar refractivity (Wildman–Crippen MR) is 69.2 cm³/mol. The Morgan fingerprint density at radius 2 is 2.06 bits per heavy atom. The zero-order valence-corrected chi connectivity index (χ0v) is 10.9. The number of carbonyl (C=O) groups excluding carboxylic acids is 2. The van der Waals surface area contributed by atoms with Gasteiger partial charge in [-0.05, 0) is 18.1 Å². The van der Waals surface area contributed by atoms with Gasteiger partial charge in [0.2, 0.25) is 0 Å². The fourth-order valence-corrected chi connectivity index (χ4v) is 2.20. The van der Waals surface area contributed by atoms with E-state index in [1.54, 1.807) is 6.07 Å². The molecule has 96 valence electrons. The van der Waals surface area contributed by atoms with Gasteiger partial charge < -0.3 is 5.32 Å². The summed E-state index contributed by atoms with van der Waals surface area (Å²) in [6.07, 6.45) is 1.53. The van der Waals surface area contributed by atoms with Crippen LogP contribution in [0.25, 0.3) is 0 Å². The summed E-state index contributed by atoms with van der Waals surface area (Å²) in [6.45, 7) is 2.21. The van der Waals surface area contributed by atoms with E-state index in [0.29, 0.717) is 11.4 Å². The normalized spacial score (nSPS) is 19.2. The lowest BCUT2D eigenvalue weighted by molar-refractivity contribution is -0.128. The molecule has 1 aliphatic rings. The molecule has 1 atom stereocenters. The third-order valence-electron chi connectivity index (χ3n) is 2.97. The Labute approximate surface area is 111 Å². The van der Waals surface area contributed by atoms with Crippen LogP contribution < -0.4 is 5.32 Å². The van der Waals surface area contributed by atoms with Crippen LogP contribution in [0.15, 0.2) is 24.3 Å². The maximum Gasteiger partial charge on any atom is 0.325 e. The summed E-state index contributed by atoms with van der Waals surface area (Å²) in [5, 5.41) is 3.26. The summed E-state index contributed by atoms with van der Waals surface area (Å²) in [4.78, 5) is 25.0. The minimum Gasteiger partial charge on any atom is -0.326 e. The van der Waals surface area contributed by atoms with Gasteiger partial charge in [0.25, 0.3) is 5.91 Å². The fraction of sp³-hybridized carbons (Fsp3) is 0.385. The Morgan fingerprint density at radius 3 is 2.72 bits per heavy atom. The lowest BCUT2D eigenvalue weighted by Gasteiger charge is -2.13. The van der Waals surface area contributed by atoms with E-state index >= 15 is 0 Å². The van der Waals surface area contributed by atoms with Crippen LogP contribution in [0.3, 0.4) is 0 Å². The number of hydrogen-bond donors (Lipinski definition) is 1. The first-order chi connectivity index (χ1) is 8.63. The Bertz CT molecular complexity index is 476. The summed E-state index contributed by atoms with van der Waals surface area (Å²) < 4.78 is 0. The standard InChI is InChI=1S/C13H15ClN2O2/c1-2-5-11-12(17)16(13(18)15-11)8-9-6-3-4-7-10(9)14/h3-4,6-7,11H,2,5,8H2,1H3,(H,15,18). The number of halogens is 1. The number of nitrogens with zero attached hydrogens (tertiary/aromatic N) is 1. The zero-order chi connectivity index (χ0) is 13.1. The van der Waals surface area contributed by atoms with Crippen molar-refractivity contribution in [1.82, 2.24) is 10.2 Å². The van der Waals surface area contributed by atoms with Crippen molar-refractivity contribution in [3.8, 4) is 0 Å². The SMILES string of the molecule is CCCC1NC(=O)N(Cc2ccccc2Cl)C1=O. The van der Waals surface area contributed by atoms with Gasteiger partial charge in [-0.15, -0.1) is 0 Å². The van der Waals surface area contributed by atoms with Gasteiger partial charge in [0.1, 0.15) is 6.04 Å². The molecule has 4 nitrogen and oxygen atoms in total. The van der Waals surface area contributed by atoms with Crippen molar-refractivity contribution in [2.75, 3.05) is 0 Å². The number of carbonyl (C=O) groups is 2. The van der Waals surface area contributed by atoms with Crippen LogP contribution in [0, 0.1) is 0 Å². The van der Waals surface area contributed by atoms with Crippen LogP contribution in [-0.4, -0.2) is 22.9 Å². The molecule has 0 spiro atoms. The van der Waals surface area contributed by atoms with Gasteiger partial charge in [-0.2, -0.15) is 0 Å². The summed E-state index contributed by atoms with van der Waals surface area (Å²) in [6, 6.07) is 6.50. The minimum atomic E-state index is -0.384. The average Bonchev–Trinajstić information content (AvgIpc) is 2.60. The molecular formula is C13H15ClN2O2. The van der Waals surface area contributed by atoms with Crippen molar-refractivity contribution in [2.24, 2.45) is 0 Å². The van der Waals surface area contributed by atoms with Crippen molar-refractivity contribution in [3.05, 3.63) is 34.9 Å². The van der Waals surface area contributed by atoms with Gasteiger partial charge in [0, 0.05) is 5.02 Å². The van der Waals surface area contributed by atoms with E-state index in [-0.39, 0.29) is 24.5 Å². The molecule has 18 heavy (non-hydrogen) atoms. The van der Waals surface area contributed by atoms with Crippen molar-refractivity contribution < 1.29 is 9.59 Å². The van der Waals surface area contributed by atoms with Gasteiger partial charge in [0.05, 0.1) is 6.54 Å². The van der Waals surface area contributed by atoms with Crippen LogP contribution in [0.2, 0.25) is 5.02 Å². The van der Waals surface area contributed by atoms with Gasteiger partial charge in [-0.25, -0.2) is 4.79 Å². The summed E-state index contributed by atoms with van der Waals surface area (Å²) in [5.41, 5.74) is 0.778. The second-order valence-electron chi connectivity index (χ2n) is 4.31.